The van der Waals surface area contributed by atoms with Crippen molar-refractivity contribution in [3.63, 3.8) is 0 Å². The molecule has 1 heterocycles. The molecule has 11 atom stereocenters. The third-order valence-electron chi connectivity index (χ3n) is 13.5. The van der Waals surface area contributed by atoms with Gasteiger partial charge in [0.15, 0.2) is 17.5 Å². The summed E-state index contributed by atoms with van der Waals surface area (Å²) in [5.41, 5.74) is -6.77. The maximum atomic E-state index is 15.0. The number of aryl methyl sites for hydroxylation is 1. The quantitative estimate of drug-likeness (QED) is 0.112. The van der Waals surface area contributed by atoms with Gasteiger partial charge in [-0.25, -0.2) is 22.7 Å². The molecule has 16 heteroatoms. The Morgan fingerprint density at radius 3 is 2.08 bits per heavy atom. The fourth-order valence-corrected chi connectivity index (χ4v) is 11.3. The highest BCUT2D eigenvalue weighted by Crippen LogP contribution is 2.64. The zero-order valence-electron chi connectivity index (χ0n) is 34.6. The van der Waals surface area contributed by atoms with E-state index < -0.39 is 111 Å². The molecule has 1 aliphatic heterocycles. The predicted molar refractivity (Wildman–Crippen MR) is 216 cm³/mol. The summed E-state index contributed by atoms with van der Waals surface area (Å²) in [6.45, 7) is 8.52. The number of ketones is 1. The van der Waals surface area contributed by atoms with Gasteiger partial charge in [-0.2, -0.15) is 0 Å². The van der Waals surface area contributed by atoms with Crippen LogP contribution in [0.5, 0.6) is 0 Å². The van der Waals surface area contributed by atoms with Gasteiger partial charge in [0.1, 0.15) is 30.0 Å². The van der Waals surface area contributed by atoms with E-state index in [1.807, 2.05) is 0 Å². The Balaban J connectivity index is 1.34. The van der Waals surface area contributed by atoms with E-state index in [1.54, 1.807) is 55.5 Å². The smallest absolute Gasteiger partial charge is 0.338 e. The van der Waals surface area contributed by atoms with E-state index in [-0.39, 0.29) is 40.2 Å². The van der Waals surface area contributed by atoms with Gasteiger partial charge in [-0.1, -0.05) is 80.1 Å². The molecule has 3 aromatic rings. The number of Topliss-reactive ketones (excluding diaryl/α,β-unsaturated/α-hetero) is 1. The van der Waals surface area contributed by atoms with E-state index in [4.69, 9.17) is 18.9 Å². The molecule has 1 saturated heterocycles. The number of aliphatic hydroxyl groups excluding tert-OH is 3. The van der Waals surface area contributed by atoms with Crippen LogP contribution in [0, 0.1) is 23.7 Å². The molecule has 3 aromatic carbocycles. The number of hydrogen-bond acceptors (Lipinski definition) is 14. The van der Waals surface area contributed by atoms with Gasteiger partial charge in [0.25, 0.3) is 0 Å². The molecule has 5 N–H and O–H groups in total. The molecule has 7 rings (SSSR count). The summed E-state index contributed by atoms with van der Waals surface area (Å²) in [5, 5.41) is 49.3. The Morgan fingerprint density at radius 1 is 0.902 bits per heavy atom. The molecule has 0 unspecified atom stereocenters. The average Bonchev–Trinajstić information content (AvgIpc) is 3.21. The van der Waals surface area contributed by atoms with Crippen molar-refractivity contribution in [3.05, 3.63) is 113 Å². The molecule has 0 spiro atoms. The van der Waals surface area contributed by atoms with Gasteiger partial charge in [-0.15, -0.1) is 0 Å². The van der Waals surface area contributed by atoms with Crippen molar-refractivity contribution >= 4 is 33.7 Å². The number of fused-ring (bicyclic) bond motifs is 5. The van der Waals surface area contributed by atoms with Crippen molar-refractivity contribution in [2.24, 2.45) is 16.7 Å². The van der Waals surface area contributed by atoms with Crippen LogP contribution in [0.4, 0.5) is 0 Å². The molecule has 3 fully saturated rings. The molecule has 0 radical (unpaired) electrons. The highest BCUT2D eigenvalue weighted by atomic mass is 32.2. The number of sulfonamides is 1. The molecular formula is C45H51NO14S. The molecule has 61 heavy (non-hydrogen) atoms. The topological polar surface area (TPSA) is 232 Å². The van der Waals surface area contributed by atoms with Crippen molar-refractivity contribution in [1.82, 2.24) is 4.72 Å². The zero-order chi connectivity index (χ0) is 44.4. The molecular weight excluding hydrogens is 811 g/mol. The van der Waals surface area contributed by atoms with E-state index in [1.165, 1.54) is 64.1 Å². The summed E-state index contributed by atoms with van der Waals surface area (Å²) in [5.74, 6) is -5.54. The summed E-state index contributed by atoms with van der Waals surface area (Å²) in [6, 6.07) is 20.0. The summed E-state index contributed by atoms with van der Waals surface area (Å²) >= 11 is 0. The first kappa shape index (κ1) is 44.3. The fourth-order valence-electron chi connectivity index (χ4n) is 10.0. The van der Waals surface area contributed by atoms with Crippen molar-refractivity contribution in [2.75, 3.05) is 6.61 Å². The minimum Gasteiger partial charge on any atom is -0.456 e. The van der Waals surface area contributed by atoms with Crippen LogP contribution in [0.25, 0.3) is 0 Å². The first-order valence-electron chi connectivity index (χ1n) is 20.0. The average molecular weight is 862 g/mol. The van der Waals surface area contributed by atoms with Crippen molar-refractivity contribution in [1.29, 1.82) is 0 Å². The van der Waals surface area contributed by atoms with E-state index in [0.29, 0.717) is 0 Å². The van der Waals surface area contributed by atoms with Gasteiger partial charge in [0, 0.05) is 25.2 Å². The minimum atomic E-state index is -4.34. The number of nitrogens with one attached hydrogen (secondary N) is 1. The molecule has 3 aliphatic carbocycles. The van der Waals surface area contributed by atoms with Crippen molar-refractivity contribution in [2.45, 2.75) is 113 Å². The first-order valence-corrected chi connectivity index (χ1v) is 21.5. The Hall–Kier alpha value is -4.81. The zero-order valence-corrected chi connectivity index (χ0v) is 35.4. The first-order chi connectivity index (χ1) is 28.6. The number of esters is 3. The lowest BCUT2D eigenvalue weighted by atomic mass is 9.44. The summed E-state index contributed by atoms with van der Waals surface area (Å²) in [7, 11) is -4.34. The number of carbonyl (C=O) groups is 4. The Bertz CT molecular complexity index is 2350. The van der Waals surface area contributed by atoms with Gasteiger partial charge in [-0.05, 0) is 61.7 Å². The number of aliphatic hydroxyl groups is 4. The molecule has 2 bridgehead atoms. The van der Waals surface area contributed by atoms with Crippen LogP contribution in [0.1, 0.15) is 75.0 Å². The summed E-state index contributed by atoms with van der Waals surface area (Å²) in [4.78, 5) is 56.1. The van der Waals surface area contributed by atoms with Crippen LogP contribution in [-0.4, -0.2) is 107 Å². The summed E-state index contributed by atoms with van der Waals surface area (Å²) in [6.07, 6.45) is -10.9. The van der Waals surface area contributed by atoms with E-state index in [0.717, 1.165) is 12.5 Å². The van der Waals surface area contributed by atoms with E-state index in [2.05, 4.69) is 4.72 Å². The van der Waals surface area contributed by atoms with Crippen LogP contribution < -0.4 is 4.72 Å². The van der Waals surface area contributed by atoms with Crippen molar-refractivity contribution < 1.29 is 67.0 Å². The maximum absolute atomic E-state index is 15.0. The normalized spacial score (nSPS) is 32.7. The molecule has 15 nitrogen and oxygen atoms in total. The van der Waals surface area contributed by atoms with Gasteiger partial charge in [0.2, 0.25) is 10.0 Å². The van der Waals surface area contributed by atoms with Gasteiger partial charge < -0.3 is 39.4 Å². The third kappa shape index (κ3) is 7.21. The monoisotopic (exact) mass is 861 g/mol. The SMILES string of the molecule is CC(=O)O[C@@]12CO[C@@H]1C[C@H](O)[C@@]1(C)C(=O)[C@H](O)C3=C(C)[C@@H](OC(=O)[C@@H](O)[C@H](NS(=O)(=O)c4ccc(C)cc4)c4ccccc4)C[C@](O)([C@@H](OC(=O)c4ccccc4)[C@H]21)C3(C)C. The minimum absolute atomic E-state index is 0.0623. The van der Waals surface area contributed by atoms with E-state index in [9.17, 15) is 48.0 Å². The lowest BCUT2D eigenvalue weighted by molar-refractivity contribution is -0.346. The van der Waals surface area contributed by atoms with Crippen LogP contribution in [-0.2, 0) is 43.4 Å². The Kier molecular flexibility index (Phi) is 11.5. The Labute approximate surface area is 353 Å². The fraction of sp³-hybridized carbons (Fsp3) is 0.467. The number of rotatable bonds is 10. The van der Waals surface area contributed by atoms with Crippen LogP contribution >= 0.6 is 0 Å². The molecule has 4 aliphatic rings. The highest BCUT2D eigenvalue weighted by Gasteiger charge is 2.78. The van der Waals surface area contributed by atoms with Gasteiger partial charge >= 0.3 is 17.9 Å². The largest absolute Gasteiger partial charge is 0.456 e. The summed E-state index contributed by atoms with van der Waals surface area (Å²) < 4.78 is 53.9. The highest BCUT2D eigenvalue weighted by molar-refractivity contribution is 7.89. The standard InChI is InChI=1S/C45H51NO14S/c1-24-17-19-29(20-18-24)61(55,56)46-34(27-13-9-7-10-14-27)36(50)41(53)58-30-22-45(54)39(59-40(52)28-15-11-8-12-16-28)37-43(6,38(51)35(49)33(25(30)2)42(45,4)5)31(48)21-32-44(37,23-57-32)60-26(3)47/h7-20,30-32,34-37,39,46,48-50,54H,21-23H2,1-6H3/t30-,31-,32+,34+,35+,36-,37-,39-,43+,44-,45-/m0/s1. The molecule has 0 aromatic heterocycles. The lowest BCUT2D eigenvalue weighted by Crippen LogP contribution is -2.81. The molecule has 0 amide bonds. The maximum Gasteiger partial charge on any atom is 0.338 e. The van der Waals surface area contributed by atoms with Crippen LogP contribution in [0.2, 0.25) is 0 Å². The van der Waals surface area contributed by atoms with Crippen molar-refractivity contribution in [3.8, 4) is 0 Å². The molecule has 326 valence electrons. The number of benzene rings is 3. The number of carbonyl (C=O) groups excluding carboxylic acids is 4. The van der Waals surface area contributed by atoms with Crippen LogP contribution in [0.3, 0.4) is 0 Å². The second-order valence-electron chi connectivity index (χ2n) is 17.4. The van der Waals surface area contributed by atoms with Crippen LogP contribution in [0.15, 0.2) is 101 Å². The number of hydrogen-bond donors (Lipinski definition) is 5. The Morgan fingerprint density at radius 2 is 1.51 bits per heavy atom. The third-order valence-corrected chi connectivity index (χ3v) is 15.0. The predicted octanol–water partition coefficient (Wildman–Crippen LogP) is 3.02. The molecule has 2 saturated carbocycles. The van der Waals surface area contributed by atoms with E-state index >= 15 is 0 Å². The van der Waals surface area contributed by atoms with Gasteiger partial charge in [0.05, 0.1) is 40.5 Å². The second-order valence-corrected chi connectivity index (χ2v) is 19.1. The number of ether oxygens (including phenoxy) is 4. The van der Waals surface area contributed by atoms with Gasteiger partial charge in [-0.3, -0.25) is 9.59 Å². The second kappa shape index (κ2) is 15.8. The lowest BCUT2D eigenvalue weighted by Gasteiger charge is -2.67.